The summed E-state index contributed by atoms with van der Waals surface area (Å²) in [5.74, 6) is -1.81. The van der Waals surface area contributed by atoms with Crippen LogP contribution >= 0.6 is 0 Å². The van der Waals surface area contributed by atoms with Crippen LogP contribution in [-0.4, -0.2) is 72.4 Å². The van der Waals surface area contributed by atoms with E-state index in [-0.39, 0.29) is 25.0 Å². The quantitative estimate of drug-likeness (QED) is 0.435. The lowest BCUT2D eigenvalue weighted by Gasteiger charge is -2.33. The number of amides is 2. The van der Waals surface area contributed by atoms with Crippen LogP contribution in [-0.2, 0) is 23.9 Å². The second-order valence-electron chi connectivity index (χ2n) is 8.49. The van der Waals surface area contributed by atoms with E-state index >= 15 is 0 Å². The number of unbranched alkanes of at least 4 members (excludes halogenated alkanes) is 1. The highest BCUT2D eigenvalue weighted by molar-refractivity contribution is 6.03. The zero-order valence-electron chi connectivity index (χ0n) is 18.4. The van der Waals surface area contributed by atoms with Crippen molar-refractivity contribution in [2.75, 3.05) is 32.2 Å². The van der Waals surface area contributed by atoms with E-state index in [0.29, 0.717) is 43.7 Å². The molecule has 3 saturated heterocycles. The topological polar surface area (TPSA) is 114 Å². The molecule has 32 heavy (non-hydrogen) atoms. The summed E-state index contributed by atoms with van der Waals surface area (Å²) in [7, 11) is 1.56. The molecule has 0 saturated carbocycles. The number of rotatable bonds is 9. The van der Waals surface area contributed by atoms with Crippen molar-refractivity contribution >= 4 is 23.5 Å². The highest BCUT2D eigenvalue weighted by atomic mass is 16.6. The van der Waals surface area contributed by atoms with Gasteiger partial charge in [-0.15, -0.1) is 0 Å². The first-order valence-corrected chi connectivity index (χ1v) is 11.2. The van der Waals surface area contributed by atoms with Crippen LogP contribution in [0.3, 0.4) is 0 Å². The molecule has 5 atom stereocenters. The summed E-state index contributed by atoms with van der Waals surface area (Å²) in [6.45, 7) is 2.26. The van der Waals surface area contributed by atoms with Gasteiger partial charge < -0.3 is 29.5 Å². The van der Waals surface area contributed by atoms with E-state index in [1.165, 1.54) is 4.90 Å². The van der Waals surface area contributed by atoms with Crippen LogP contribution in [0, 0.1) is 11.8 Å². The third kappa shape index (κ3) is 3.63. The fraction of sp³-hybridized carbons (Fsp3) is 0.609. The van der Waals surface area contributed by atoms with E-state index in [1.54, 1.807) is 38.3 Å². The monoisotopic (exact) mass is 446 g/mol. The Morgan fingerprint density at radius 1 is 1.28 bits per heavy atom. The predicted molar refractivity (Wildman–Crippen MR) is 114 cm³/mol. The van der Waals surface area contributed by atoms with E-state index in [9.17, 15) is 19.5 Å². The number of hydrogen-bond acceptors (Lipinski definition) is 7. The molecular weight excluding hydrogens is 416 g/mol. The maximum absolute atomic E-state index is 13.5. The predicted octanol–water partition coefficient (Wildman–Crippen LogP) is 1.34. The summed E-state index contributed by atoms with van der Waals surface area (Å²) < 4.78 is 16.7. The van der Waals surface area contributed by atoms with Crippen molar-refractivity contribution in [1.29, 1.82) is 0 Å². The van der Waals surface area contributed by atoms with E-state index in [0.717, 1.165) is 0 Å². The number of hydrogen-bond donors (Lipinski definition) is 2. The van der Waals surface area contributed by atoms with Crippen molar-refractivity contribution < 1.29 is 33.7 Å². The average Bonchev–Trinajstić information content (AvgIpc) is 3.42. The number of anilines is 1. The van der Waals surface area contributed by atoms with Crippen molar-refractivity contribution in [3.63, 3.8) is 0 Å². The van der Waals surface area contributed by atoms with Gasteiger partial charge in [-0.1, -0.05) is 0 Å². The number of likely N-dealkylation sites (tertiary alicyclic amines) is 1. The Balaban J connectivity index is 1.63. The molecule has 2 N–H and O–H groups in total. The van der Waals surface area contributed by atoms with Gasteiger partial charge in [-0.3, -0.25) is 14.4 Å². The van der Waals surface area contributed by atoms with Gasteiger partial charge >= 0.3 is 5.97 Å². The lowest BCUT2D eigenvalue weighted by molar-refractivity contribution is -0.154. The van der Waals surface area contributed by atoms with E-state index in [2.05, 4.69) is 5.32 Å². The first kappa shape index (κ1) is 22.5. The fourth-order valence-corrected chi connectivity index (χ4v) is 5.48. The number of aliphatic hydroxyl groups is 1. The van der Waals surface area contributed by atoms with Crippen LogP contribution in [0.2, 0.25) is 0 Å². The van der Waals surface area contributed by atoms with Crippen molar-refractivity contribution in [1.82, 2.24) is 4.90 Å². The molecule has 4 rings (SSSR count). The van der Waals surface area contributed by atoms with Crippen LogP contribution in [0.4, 0.5) is 5.69 Å². The smallest absolute Gasteiger partial charge is 0.312 e. The van der Waals surface area contributed by atoms with Crippen molar-refractivity contribution in [3.05, 3.63) is 24.3 Å². The summed E-state index contributed by atoms with van der Waals surface area (Å²) >= 11 is 0. The van der Waals surface area contributed by atoms with Gasteiger partial charge in [0.25, 0.3) is 0 Å². The summed E-state index contributed by atoms with van der Waals surface area (Å²) in [5, 5.41) is 12.1. The van der Waals surface area contributed by atoms with Crippen molar-refractivity contribution in [2.24, 2.45) is 11.8 Å². The molecule has 0 radical (unpaired) electrons. The van der Waals surface area contributed by atoms with Crippen LogP contribution in [0.25, 0.3) is 0 Å². The van der Waals surface area contributed by atoms with Gasteiger partial charge in [0.05, 0.1) is 31.7 Å². The summed E-state index contributed by atoms with van der Waals surface area (Å²) in [6.07, 6.45) is 1.77. The van der Waals surface area contributed by atoms with Gasteiger partial charge in [-0.25, -0.2) is 0 Å². The second kappa shape index (κ2) is 9.07. The van der Waals surface area contributed by atoms with Crippen LogP contribution in [0.1, 0.15) is 32.6 Å². The molecule has 0 unspecified atom stereocenters. The zero-order chi connectivity index (χ0) is 22.9. The molecule has 2 bridgehead atoms. The first-order chi connectivity index (χ1) is 15.5. The first-order valence-electron chi connectivity index (χ1n) is 11.2. The molecule has 3 fully saturated rings. The maximum Gasteiger partial charge on any atom is 0.312 e. The summed E-state index contributed by atoms with van der Waals surface area (Å²) in [4.78, 5) is 41.2. The Kier molecular flexibility index (Phi) is 6.39. The minimum Gasteiger partial charge on any atom is -0.497 e. The molecule has 3 aliphatic rings. The third-order valence-electron chi connectivity index (χ3n) is 6.77. The van der Waals surface area contributed by atoms with Gasteiger partial charge in [0, 0.05) is 18.8 Å². The number of fused-ring (bicyclic) bond motifs is 1. The van der Waals surface area contributed by atoms with Crippen molar-refractivity contribution in [2.45, 2.75) is 50.4 Å². The minimum atomic E-state index is -1.05. The Labute approximate surface area is 187 Å². The average molecular weight is 447 g/mol. The Morgan fingerprint density at radius 2 is 2.03 bits per heavy atom. The zero-order valence-corrected chi connectivity index (χ0v) is 18.4. The van der Waals surface area contributed by atoms with Crippen LogP contribution in [0.15, 0.2) is 24.3 Å². The van der Waals surface area contributed by atoms with Crippen molar-refractivity contribution in [3.8, 4) is 5.75 Å². The van der Waals surface area contributed by atoms with E-state index < -0.39 is 35.6 Å². The molecule has 0 aromatic heterocycles. The van der Waals surface area contributed by atoms with E-state index in [4.69, 9.17) is 14.2 Å². The Hall–Kier alpha value is -2.65. The highest BCUT2D eigenvalue weighted by Crippen LogP contribution is 2.58. The second-order valence-corrected chi connectivity index (χ2v) is 8.49. The van der Waals surface area contributed by atoms with Gasteiger partial charge in [0.1, 0.15) is 17.4 Å². The number of carbonyl (C=O) groups is 3. The van der Waals surface area contributed by atoms with Gasteiger partial charge in [-0.05, 0) is 56.9 Å². The largest absolute Gasteiger partial charge is 0.497 e. The number of esters is 1. The molecule has 2 amide bonds. The fourth-order valence-electron chi connectivity index (χ4n) is 5.48. The SMILES string of the molecule is CCOC(=O)[C@@H]1[C@H]2C(=O)N(CCCCO)[C@H](C(=O)Nc3ccc(OC)cc3)[C@]23CC[C@H]1O3. The molecule has 9 nitrogen and oxygen atoms in total. The molecule has 3 aliphatic heterocycles. The van der Waals surface area contributed by atoms with Crippen LogP contribution < -0.4 is 10.1 Å². The molecular formula is C23H30N2O7. The molecule has 0 aliphatic carbocycles. The molecule has 1 aromatic rings. The highest BCUT2D eigenvalue weighted by Gasteiger charge is 2.74. The van der Waals surface area contributed by atoms with Crippen LogP contribution in [0.5, 0.6) is 5.75 Å². The summed E-state index contributed by atoms with van der Waals surface area (Å²) in [5.41, 5.74) is -0.470. The molecule has 3 heterocycles. The lowest BCUT2D eigenvalue weighted by atomic mass is 9.71. The lowest BCUT2D eigenvalue weighted by Crippen LogP contribution is -2.53. The third-order valence-corrected chi connectivity index (χ3v) is 6.77. The van der Waals surface area contributed by atoms with Gasteiger partial charge in [0.2, 0.25) is 11.8 Å². The molecule has 174 valence electrons. The normalized spacial score (nSPS) is 30.3. The maximum atomic E-state index is 13.5. The number of aliphatic hydroxyl groups excluding tert-OH is 1. The number of benzene rings is 1. The Bertz CT molecular complexity index is 874. The van der Waals surface area contributed by atoms with Gasteiger partial charge in [-0.2, -0.15) is 0 Å². The molecule has 1 aromatic carbocycles. The number of methoxy groups -OCH3 is 1. The summed E-state index contributed by atoms with van der Waals surface area (Å²) in [6, 6.07) is 6.08. The number of nitrogens with zero attached hydrogens (tertiary/aromatic N) is 1. The minimum absolute atomic E-state index is 0.00331. The van der Waals surface area contributed by atoms with E-state index in [1.807, 2.05) is 0 Å². The number of nitrogens with one attached hydrogen (secondary N) is 1. The van der Waals surface area contributed by atoms with Gasteiger partial charge in [0.15, 0.2) is 0 Å². The molecule has 1 spiro atoms. The standard InChI is InChI=1S/C23H30N2O7/c1-3-31-22(29)17-16-10-11-23(32-16)18(17)21(28)25(12-4-5-13-26)19(23)20(27)24-14-6-8-15(30-2)9-7-14/h6-9,16-19,26H,3-5,10-13H2,1-2H3,(H,24,27)/t16-,17+,18+,19-,23+/m1/s1. The Morgan fingerprint density at radius 3 is 2.69 bits per heavy atom. The number of carbonyl (C=O) groups excluding carboxylic acids is 3. The number of ether oxygens (including phenoxy) is 3. The molecule has 9 heteroatoms.